The Labute approximate surface area is 152 Å². The first-order valence-electron chi connectivity index (χ1n) is 8.86. The minimum Gasteiger partial charge on any atom is -0.353 e. The van der Waals surface area contributed by atoms with E-state index in [1.165, 1.54) is 0 Å². The maximum Gasteiger partial charge on any atom is 0.239 e. The van der Waals surface area contributed by atoms with E-state index < -0.39 is 0 Å². The SMILES string of the molecule is Bc1cn(C)c(CCc2nc(N3CCNC(=O)C3)c3ccccc3n2)n1. The van der Waals surface area contributed by atoms with E-state index in [1.54, 1.807) is 0 Å². The molecule has 1 amide bonds. The molecular formula is C18H21BN6O. The number of hydrogen-bond acceptors (Lipinski definition) is 5. The standard InChI is InChI=1S/C18H21BN6O/c1-24-10-14(19)22-16(24)7-6-15-21-13-5-3-2-4-12(13)18(23-15)25-9-8-20-17(26)11-25/h2-5,10H,6-9,11,19H2,1H3,(H,20,26). The summed E-state index contributed by atoms with van der Waals surface area (Å²) in [5, 5.41) is 3.85. The molecule has 1 fully saturated rings. The number of aromatic nitrogens is 4. The molecule has 1 aliphatic heterocycles. The van der Waals surface area contributed by atoms with Crippen LogP contribution in [0.4, 0.5) is 5.82 Å². The van der Waals surface area contributed by atoms with Gasteiger partial charge in [0.1, 0.15) is 17.5 Å². The van der Waals surface area contributed by atoms with Crippen molar-refractivity contribution in [1.29, 1.82) is 0 Å². The zero-order chi connectivity index (χ0) is 18.1. The van der Waals surface area contributed by atoms with Crippen molar-refractivity contribution in [2.45, 2.75) is 12.8 Å². The number of anilines is 1. The number of imidazole rings is 1. The summed E-state index contributed by atoms with van der Waals surface area (Å²) >= 11 is 0. The van der Waals surface area contributed by atoms with Gasteiger partial charge >= 0.3 is 0 Å². The molecule has 0 bridgehead atoms. The zero-order valence-electron chi connectivity index (χ0n) is 15.1. The van der Waals surface area contributed by atoms with Gasteiger partial charge in [0.2, 0.25) is 5.91 Å². The Bertz CT molecular complexity index is 969. The first-order chi connectivity index (χ1) is 12.6. The lowest BCUT2D eigenvalue weighted by atomic mass is 10.1. The van der Waals surface area contributed by atoms with Gasteiger partial charge < -0.3 is 14.8 Å². The monoisotopic (exact) mass is 348 g/mol. The van der Waals surface area contributed by atoms with Gasteiger partial charge in [-0.2, -0.15) is 0 Å². The van der Waals surface area contributed by atoms with Crippen molar-refractivity contribution in [3.63, 3.8) is 0 Å². The van der Waals surface area contributed by atoms with Crippen molar-refractivity contribution < 1.29 is 4.79 Å². The number of benzene rings is 1. The Morgan fingerprint density at radius 1 is 1.19 bits per heavy atom. The van der Waals surface area contributed by atoms with Gasteiger partial charge in [0, 0.05) is 50.2 Å². The summed E-state index contributed by atoms with van der Waals surface area (Å²) in [4.78, 5) is 27.9. The number of amides is 1. The zero-order valence-corrected chi connectivity index (χ0v) is 15.1. The Balaban J connectivity index is 1.67. The summed E-state index contributed by atoms with van der Waals surface area (Å²) in [7, 11) is 4.00. The van der Waals surface area contributed by atoms with Gasteiger partial charge in [0.25, 0.3) is 0 Å². The summed E-state index contributed by atoms with van der Waals surface area (Å²) in [5.74, 6) is 2.68. The molecule has 1 aliphatic rings. The van der Waals surface area contributed by atoms with Gasteiger partial charge in [-0.15, -0.1) is 0 Å². The molecule has 0 aliphatic carbocycles. The third kappa shape index (κ3) is 3.27. The number of rotatable bonds is 4. The van der Waals surface area contributed by atoms with Crippen LogP contribution in [0.3, 0.4) is 0 Å². The fourth-order valence-corrected chi connectivity index (χ4v) is 3.40. The second kappa shape index (κ2) is 6.78. The average molecular weight is 348 g/mol. The topological polar surface area (TPSA) is 75.9 Å². The van der Waals surface area contributed by atoms with E-state index in [0.717, 1.165) is 46.9 Å². The molecule has 0 spiro atoms. The van der Waals surface area contributed by atoms with Gasteiger partial charge in [-0.05, 0) is 12.1 Å². The summed E-state index contributed by atoms with van der Waals surface area (Å²) in [6, 6.07) is 7.98. The summed E-state index contributed by atoms with van der Waals surface area (Å²) < 4.78 is 2.05. The van der Waals surface area contributed by atoms with Crippen LogP contribution in [-0.4, -0.2) is 52.9 Å². The highest BCUT2D eigenvalue weighted by Gasteiger charge is 2.20. The molecule has 26 heavy (non-hydrogen) atoms. The maximum atomic E-state index is 11.8. The highest BCUT2D eigenvalue weighted by atomic mass is 16.2. The Kier molecular flexibility index (Phi) is 4.32. The van der Waals surface area contributed by atoms with E-state index in [2.05, 4.69) is 10.3 Å². The van der Waals surface area contributed by atoms with Crippen LogP contribution in [0.2, 0.25) is 0 Å². The number of piperazine rings is 1. The predicted octanol–water partition coefficient (Wildman–Crippen LogP) is -0.657. The maximum absolute atomic E-state index is 11.8. The molecule has 0 atom stereocenters. The molecule has 3 heterocycles. The second-order valence-electron chi connectivity index (χ2n) is 6.66. The normalized spacial score (nSPS) is 14.7. The summed E-state index contributed by atoms with van der Waals surface area (Å²) in [6.45, 7) is 1.73. The lowest BCUT2D eigenvalue weighted by Crippen LogP contribution is -2.48. The van der Waals surface area contributed by atoms with Crippen molar-refractivity contribution in [3.8, 4) is 0 Å². The number of carbonyl (C=O) groups excluding carboxylic acids is 1. The fourth-order valence-electron chi connectivity index (χ4n) is 3.40. The molecule has 2 aromatic heterocycles. The molecule has 1 aromatic carbocycles. The fraction of sp³-hybridized carbons (Fsp3) is 0.333. The van der Waals surface area contributed by atoms with Crippen LogP contribution in [0.25, 0.3) is 10.9 Å². The minimum atomic E-state index is 0.0315. The second-order valence-corrected chi connectivity index (χ2v) is 6.66. The number of fused-ring (bicyclic) bond motifs is 1. The van der Waals surface area contributed by atoms with E-state index in [0.29, 0.717) is 19.5 Å². The minimum absolute atomic E-state index is 0.0315. The number of carbonyl (C=O) groups is 1. The first-order valence-corrected chi connectivity index (χ1v) is 8.86. The lowest BCUT2D eigenvalue weighted by Gasteiger charge is -2.28. The predicted molar refractivity (Wildman–Crippen MR) is 104 cm³/mol. The van der Waals surface area contributed by atoms with Crippen LogP contribution >= 0.6 is 0 Å². The van der Waals surface area contributed by atoms with Crippen LogP contribution in [0.1, 0.15) is 11.6 Å². The van der Waals surface area contributed by atoms with Crippen molar-refractivity contribution in [2.24, 2.45) is 7.05 Å². The van der Waals surface area contributed by atoms with E-state index in [-0.39, 0.29) is 5.91 Å². The Hall–Kier alpha value is -2.90. The molecule has 132 valence electrons. The van der Waals surface area contributed by atoms with Crippen molar-refractivity contribution in [2.75, 3.05) is 24.5 Å². The third-order valence-electron chi connectivity index (χ3n) is 4.63. The van der Waals surface area contributed by atoms with Crippen molar-refractivity contribution >= 4 is 36.1 Å². The van der Waals surface area contributed by atoms with Crippen molar-refractivity contribution in [1.82, 2.24) is 24.8 Å². The van der Waals surface area contributed by atoms with Gasteiger partial charge in [-0.3, -0.25) is 4.79 Å². The molecule has 1 N–H and O–H groups in total. The molecule has 3 aromatic rings. The Morgan fingerprint density at radius 2 is 2.04 bits per heavy atom. The smallest absolute Gasteiger partial charge is 0.239 e. The summed E-state index contributed by atoms with van der Waals surface area (Å²) in [6.07, 6.45) is 3.51. The molecule has 4 rings (SSSR count). The van der Waals surface area contributed by atoms with Gasteiger partial charge in [0.05, 0.1) is 12.1 Å². The number of para-hydroxylation sites is 1. The van der Waals surface area contributed by atoms with Crippen LogP contribution in [-0.2, 0) is 24.7 Å². The van der Waals surface area contributed by atoms with Crippen molar-refractivity contribution in [3.05, 3.63) is 42.1 Å². The Morgan fingerprint density at radius 3 is 2.81 bits per heavy atom. The molecule has 0 saturated carbocycles. The summed E-state index contributed by atoms with van der Waals surface area (Å²) in [5.41, 5.74) is 1.93. The number of nitrogens with zero attached hydrogens (tertiary/aromatic N) is 5. The highest BCUT2D eigenvalue weighted by molar-refractivity contribution is 6.30. The number of aryl methyl sites for hydroxylation is 3. The number of hydrogen-bond donors (Lipinski definition) is 1. The van der Waals surface area contributed by atoms with Crippen LogP contribution in [0.5, 0.6) is 0 Å². The van der Waals surface area contributed by atoms with E-state index >= 15 is 0 Å². The van der Waals surface area contributed by atoms with Crippen LogP contribution < -0.4 is 15.8 Å². The molecule has 8 heteroatoms. The van der Waals surface area contributed by atoms with Gasteiger partial charge in [-0.25, -0.2) is 15.0 Å². The molecule has 7 nitrogen and oxygen atoms in total. The highest BCUT2D eigenvalue weighted by Crippen LogP contribution is 2.24. The molecular weight excluding hydrogens is 327 g/mol. The number of nitrogens with one attached hydrogen (secondary N) is 1. The lowest BCUT2D eigenvalue weighted by molar-refractivity contribution is -0.120. The van der Waals surface area contributed by atoms with E-state index in [1.807, 2.05) is 54.8 Å². The van der Waals surface area contributed by atoms with E-state index in [9.17, 15) is 4.79 Å². The molecule has 1 saturated heterocycles. The quantitative estimate of drug-likeness (QED) is 0.634. The largest absolute Gasteiger partial charge is 0.353 e. The van der Waals surface area contributed by atoms with Crippen LogP contribution in [0.15, 0.2) is 30.5 Å². The average Bonchev–Trinajstić information content (AvgIpc) is 2.96. The van der Waals surface area contributed by atoms with Gasteiger partial charge in [0.15, 0.2) is 7.85 Å². The molecule has 0 unspecified atom stereocenters. The van der Waals surface area contributed by atoms with Gasteiger partial charge in [-0.1, -0.05) is 12.1 Å². The molecule has 0 radical (unpaired) electrons. The van der Waals surface area contributed by atoms with E-state index in [4.69, 9.17) is 9.97 Å². The van der Waals surface area contributed by atoms with Crippen LogP contribution in [0, 0.1) is 0 Å². The first kappa shape index (κ1) is 16.6. The third-order valence-corrected chi connectivity index (χ3v) is 4.63.